The summed E-state index contributed by atoms with van der Waals surface area (Å²) in [5.41, 5.74) is 3.22. The number of carbonyl (C=O) groups is 2. The van der Waals surface area contributed by atoms with Crippen molar-refractivity contribution in [3.05, 3.63) is 127 Å². The first-order chi connectivity index (χ1) is 22.2. The SMILES string of the molecule is C=C(/C=C\C=C\O)/C(=C/C=C(\CO)C1[C@@H](CCC(=O)/C=C/CC)SC(=O)N1c1ccccc1)CC.C=C(F)/C=C\CC.CC.CC. The lowest BCUT2D eigenvalue weighted by atomic mass is 9.96. The maximum absolute atomic E-state index is 13.1. The third-order valence-electron chi connectivity index (χ3n) is 6.21. The first kappa shape index (κ1) is 44.4. The summed E-state index contributed by atoms with van der Waals surface area (Å²) in [6, 6.07) is 9.04. The first-order valence-electron chi connectivity index (χ1n) is 16.2. The third kappa shape index (κ3) is 17.7. The van der Waals surface area contributed by atoms with Crippen LogP contribution in [0, 0.1) is 0 Å². The van der Waals surface area contributed by atoms with E-state index in [1.807, 2.05) is 97.0 Å². The summed E-state index contributed by atoms with van der Waals surface area (Å²) in [6.45, 7) is 20.8. The molecule has 5 nitrogen and oxygen atoms in total. The number of hydrogen-bond donors (Lipinski definition) is 2. The molecule has 0 aliphatic carbocycles. The minimum atomic E-state index is -0.377. The molecule has 1 aromatic rings. The lowest BCUT2D eigenvalue weighted by Crippen LogP contribution is -2.39. The van der Waals surface area contributed by atoms with Gasteiger partial charge < -0.3 is 10.2 Å². The molecule has 2 N–H and O–H groups in total. The number of para-hydroxylation sites is 1. The van der Waals surface area contributed by atoms with Gasteiger partial charge in [-0.15, -0.1) is 0 Å². The molecule has 1 amide bonds. The number of aliphatic hydroxyl groups excluding tert-OH is 2. The summed E-state index contributed by atoms with van der Waals surface area (Å²) >= 11 is 1.22. The van der Waals surface area contributed by atoms with Gasteiger partial charge in [-0.25, -0.2) is 4.39 Å². The number of halogens is 1. The zero-order valence-electron chi connectivity index (χ0n) is 28.9. The van der Waals surface area contributed by atoms with Gasteiger partial charge in [-0.3, -0.25) is 14.5 Å². The normalized spacial score (nSPS) is 16.6. The van der Waals surface area contributed by atoms with Gasteiger partial charge >= 0.3 is 0 Å². The van der Waals surface area contributed by atoms with E-state index in [2.05, 4.69) is 13.2 Å². The molecular formula is C39H56FNO4S. The Labute approximate surface area is 282 Å². The van der Waals surface area contributed by atoms with E-state index in [-0.39, 0.29) is 34.7 Å². The number of amides is 1. The van der Waals surface area contributed by atoms with Crippen LogP contribution in [0.3, 0.4) is 0 Å². The number of aliphatic hydroxyl groups is 2. The van der Waals surface area contributed by atoms with E-state index >= 15 is 0 Å². The van der Waals surface area contributed by atoms with E-state index in [4.69, 9.17) is 5.11 Å². The van der Waals surface area contributed by atoms with E-state index in [0.29, 0.717) is 18.4 Å². The molecule has 0 bridgehead atoms. The van der Waals surface area contributed by atoms with Gasteiger partial charge in [-0.05, 0) is 72.8 Å². The molecular weight excluding hydrogens is 597 g/mol. The van der Waals surface area contributed by atoms with Crippen molar-refractivity contribution < 1.29 is 24.2 Å². The molecule has 1 aliphatic rings. The average Bonchev–Trinajstić information content (AvgIpc) is 3.41. The number of allylic oxidation sites excluding steroid dienone is 12. The maximum Gasteiger partial charge on any atom is 0.287 e. The van der Waals surface area contributed by atoms with Gasteiger partial charge in [-0.1, -0.05) is 128 Å². The first-order valence-corrected chi connectivity index (χ1v) is 17.0. The lowest BCUT2D eigenvalue weighted by Gasteiger charge is -2.29. The van der Waals surface area contributed by atoms with Crippen LogP contribution in [0.25, 0.3) is 0 Å². The van der Waals surface area contributed by atoms with Gasteiger partial charge in [0.05, 0.1) is 18.9 Å². The topological polar surface area (TPSA) is 77.8 Å². The van der Waals surface area contributed by atoms with Gasteiger partial charge in [0.2, 0.25) is 0 Å². The summed E-state index contributed by atoms with van der Waals surface area (Å²) in [4.78, 5) is 27.1. The van der Waals surface area contributed by atoms with Crippen molar-refractivity contribution in [3.8, 4) is 0 Å². The van der Waals surface area contributed by atoms with E-state index in [1.165, 1.54) is 23.9 Å². The second-order valence-corrected chi connectivity index (χ2v) is 10.5. The third-order valence-corrected chi connectivity index (χ3v) is 7.41. The molecule has 2 rings (SSSR count). The van der Waals surface area contributed by atoms with Crippen LogP contribution in [0.15, 0.2) is 127 Å². The standard InChI is InChI=1S/C29H35NO4S.C6H9F.2C2H6/c1-4-6-15-26(33)18-19-27-28(30(29(34)35-27)25-13-8-7-9-14-25)24(21-32)17-16-23(5-2)22(3)12-10-11-20-31;1-3-4-5-6(2)7;2*1-2/h6-17,20,27-28,31-32H,3-5,18-19,21H2,1-2H3;4-5H,2-3H2,1H3;2*1-2H3/b12-10-,15-6+,20-11+,23-16+,24-17+;5-4-;;/t27-,28?;;;/m1.../s1. The molecule has 1 aliphatic heterocycles. The number of hydrogen-bond acceptors (Lipinski definition) is 5. The molecule has 0 saturated carbocycles. The molecule has 1 aromatic carbocycles. The van der Waals surface area contributed by atoms with Gasteiger partial charge in [0, 0.05) is 17.4 Å². The van der Waals surface area contributed by atoms with Crippen LogP contribution in [0.1, 0.15) is 80.6 Å². The van der Waals surface area contributed by atoms with Gasteiger partial charge in [0.15, 0.2) is 5.78 Å². The molecule has 0 aromatic heterocycles. The number of thioether (sulfide) groups is 1. The highest BCUT2D eigenvalue weighted by Crippen LogP contribution is 2.41. The number of anilines is 1. The Morgan fingerprint density at radius 3 is 2.07 bits per heavy atom. The molecule has 1 unspecified atom stereocenters. The van der Waals surface area contributed by atoms with Crippen molar-refractivity contribution in [2.45, 2.75) is 91.9 Å². The quantitative estimate of drug-likeness (QED) is 0.112. The van der Waals surface area contributed by atoms with Crippen molar-refractivity contribution in [1.82, 2.24) is 0 Å². The van der Waals surface area contributed by atoms with Crippen LogP contribution < -0.4 is 4.90 Å². The van der Waals surface area contributed by atoms with E-state index < -0.39 is 0 Å². The number of carbonyl (C=O) groups excluding carboxylic acids is 2. The molecule has 1 saturated heterocycles. The van der Waals surface area contributed by atoms with Gasteiger partial charge in [-0.2, -0.15) is 0 Å². The summed E-state index contributed by atoms with van der Waals surface area (Å²) in [6.07, 6.45) is 19.6. The monoisotopic (exact) mass is 653 g/mol. The Morgan fingerprint density at radius 1 is 0.957 bits per heavy atom. The second kappa shape index (κ2) is 28.8. The predicted octanol–water partition coefficient (Wildman–Crippen LogP) is 11.3. The summed E-state index contributed by atoms with van der Waals surface area (Å²) < 4.78 is 11.6. The van der Waals surface area contributed by atoms with Crippen LogP contribution in [-0.2, 0) is 4.79 Å². The Bertz CT molecular complexity index is 1210. The molecule has 0 radical (unpaired) electrons. The molecule has 0 spiro atoms. The minimum Gasteiger partial charge on any atom is -0.516 e. The van der Waals surface area contributed by atoms with Crippen molar-refractivity contribution in [1.29, 1.82) is 0 Å². The van der Waals surface area contributed by atoms with Crippen LogP contribution in [0.5, 0.6) is 0 Å². The Balaban J connectivity index is 0. The molecule has 46 heavy (non-hydrogen) atoms. The Morgan fingerprint density at radius 2 is 1.57 bits per heavy atom. The maximum atomic E-state index is 13.1. The highest BCUT2D eigenvalue weighted by Gasteiger charge is 2.43. The van der Waals surface area contributed by atoms with E-state index in [9.17, 15) is 19.1 Å². The lowest BCUT2D eigenvalue weighted by molar-refractivity contribution is -0.114. The highest BCUT2D eigenvalue weighted by molar-refractivity contribution is 8.14. The molecule has 2 atom stereocenters. The van der Waals surface area contributed by atoms with Crippen LogP contribution in [0.2, 0.25) is 0 Å². The fraction of sp³-hybridized carbons (Fsp3) is 0.385. The van der Waals surface area contributed by atoms with Crippen LogP contribution in [0.4, 0.5) is 14.9 Å². The zero-order valence-corrected chi connectivity index (χ0v) is 29.7. The number of nitrogens with zero attached hydrogens (tertiary/aromatic N) is 1. The minimum absolute atomic E-state index is 0.0412. The zero-order chi connectivity index (χ0) is 35.3. The summed E-state index contributed by atoms with van der Waals surface area (Å²) in [5, 5.41) is 18.9. The molecule has 1 heterocycles. The fourth-order valence-electron chi connectivity index (χ4n) is 4.10. The van der Waals surface area contributed by atoms with Crippen molar-refractivity contribution in [2.24, 2.45) is 0 Å². The predicted molar refractivity (Wildman–Crippen MR) is 199 cm³/mol. The van der Waals surface area contributed by atoms with Crippen molar-refractivity contribution >= 4 is 28.5 Å². The van der Waals surface area contributed by atoms with Crippen LogP contribution >= 0.6 is 11.8 Å². The smallest absolute Gasteiger partial charge is 0.287 e. The molecule has 254 valence electrons. The largest absolute Gasteiger partial charge is 0.516 e. The van der Waals surface area contributed by atoms with E-state index in [0.717, 1.165) is 42.4 Å². The fourth-order valence-corrected chi connectivity index (χ4v) is 5.35. The average molecular weight is 654 g/mol. The molecule has 7 heteroatoms. The van der Waals surface area contributed by atoms with Crippen LogP contribution in [-0.4, -0.2) is 39.1 Å². The van der Waals surface area contributed by atoms with Crippen molar-refractivity contribution in [2.75, 3.05) is 11.5 Å². The Hall–Kier alpha value is -3.68. The van der Waals surface area contributed by atoms with Crippen molar-refractivity contribution in [3.63, 3.8) is 0 Å². The molecule has 1 fully saturated rings. The Kier molecular flexibility index (Phi) is 27.8. The number of benzene rings is 1. The number of ketones is 1. The number of rotatable bonds is 15. The van der Waals surface area contributed by atoms with E-state index in [1.54, 1.807) is 29.2 Å². The summed E-state index contributed by atoms with van der Waals surface area (Å²) in [5.74, 6) is -0.332. The highest BCUT2D eigenvalue weighted by atomic mass is 32.2. The summed E-state index contributed by atoms with van der Waals surface area (Å²) in [7, 11) is 0. The van der Waals surface area contributed by atoms with Gasteiger partial charge in [0.25, 0.3) is 5.24 Å². The van der Waals surface area contributed by atoms with Gasteiger partial charge in [0.1, 0.15) is 5.83 Å². The second-order valence-electron chi connectivity index (χ2n) is 9.32.